The summed E-state index contributed by atoms with van der Waals surface area (Å²) in [6.45, 7) is 0.216. The van der Waals surface area contributed by atoms with Crippen LogP contribution in [0.5, 0.6) is 0 Å². The maximum Gasteiger partial charge on any atom is 0.472 e. The van der Waals surface area contributed by atoms with Crippen molar-refractivity contribution in [1.29, 1.82) is 0 Å². The third kappa shape index (κ3) is 3.49. The van der Waals surface area contributed by atoms with Crippen LogP contribution in [0.1, 0.15) is 0 Å². The van der Waals surface area contributed by atoms with Gasteiger partial charge in [-0.15, -0.1) is 0 Å². The average Bonchev–Trinajstić information content (AvgIpc) is 2.50. The maximum atomic E-state index is 11.1. The highest BCUT2D eigenvalue weighted by Gasteiger charge is 2.41. The van der Waals surface area contributed by atoms with Crippen LogP contribution in [0.15, 0.2) is 0 Å². The monoisotopic (exact) mass is 242 g/mol. The van der Waals surface area contributed by atoms with Crippen molar-refractivity contribution < 1.29 is 33.1 Å². The molecule has 0 amide bonds. The quantitative estimate of drug-likeness (QED) is 0.629. The Kier molecular flexibility index (Phi) is 4.66. The normalized spacial score (nSPS) is 35.3. The third-order valence-corrected chi connectivity index (χ3v) is 3.01. The lowest BCUT2D eigenvalue weighted by Gasteiger charge is -2.21. The second-order valence-corrected chi connectivity index (χ2v) is 4.63. The fraction of sp³-hybridized carbons (Fsp3) is 1.00. The number of methoxy groups -OCH3 is 1. The van der Waals surface area contributed by atoms with E-state index < -0.39 is 26.1 Å². The van der Waals surface area contributed by atoms with Crippen molar-refractivity contribution in [1.82, 2.24) is 0 Å². The van der Waals surface area contributed by atoms with Gasteiger partial charge in [0, 0.05) is 14.2 Å². The van der Waals surface area contributed by atoms with E-state index in [2.05, 4.69) is 4.52 Å². The Bertz CT molecular complexity index is 243. The van der Waals surface area contributed by atoms with Crippen LogP contribution < -0.4 is 0 Å². The van der Waals surface area contributed by atoms with E-state index in [0.29, 0.717) is 0 Å². The lowest BCUT2D eigenvalue weighted by molar-refractivity contribution is -0.0193. The van der Waals surface area contributed by atoms with E-state index in [1.54, 1.807) is 0 Å². The molecule has 90 valence electrons. The zero-order valence-electron chi connectivity index (χ0n) is 8.53. The predicted octanol–water partition coefficient (Wildman–Crippen LogP) is -0.476. The predicted molar refractivity (Wildman–Crippen MR) is 49.3 cm³/mol. The molecule has 0 saturated carbocycles. The van der Waals surface area contributed by atoms with Crippen LogP contribution in [0, 0.1) is 0 Å². The highest BCUT2D eigenvalue weighted by atomic mass is 31.2. The third-order valence-electron chi connectivity index (χ3n) is 2.04. The zero-order valence-corrected chi connectivity index (χ0v) is 9.42. The molecule has 0 aromatic rings. The molecule has 0 spiro atoms. The van der Waals surface area contributed by atoms with Gasteiger partial charge in [-0.2, -0.15) is 0 Å². The minimum atomic E-state index is -4.12. The largest absolute Gasteiger partial charge is 0.472 e. The van der Waals surface area contributed by atoms with E-state index in [-0.39, 0.29) is 13.2 Å². The van der Waals surface area contributed by atoms with Gasteiger partial charge in [-0.3, -0.25) is 9.05 Å². The number of ether oxygens (including phenoxy) is 2. The van der Waals surface area contributed by atoms with Crippen LogP contribution in [0.2, 0.25) is 0 Å². The highest BCUT2D eigenvalue weighted by molar-refractivity contribution is 7.47. The average molecular weight is 242 g/mol. The van der Waals surface area contributed by atoms with Crippen LogP contribution in [0.3, 0.4) is 0 Å². The van der Waals surface area contributed by atoms with Crippen molar-refractivity contribution in [2.75, 3.05) is 27.4 Å². The summed E-state index contributed by atoms with van der Waals surface area (Å²) < 4.78 is 30.1. The first kappa shape index (κ1) is 13.1. The molecule has 1 saturated heterocycles. The summed E-state index contributed by atoms with van der Waals surface area (Å²) in [4.78, 5) is 9.09. The molecule has 15 heavy (non-hydrogen) atoms. The van der Waals surface area contributed by atoms with Gasteiger partial charge in [0.25, 0.3) is 0 Å². The van der Waals surface area contributed by atoms with Gasteiger partial charge in [0.1, 0.15) is 18.3 Å². The summed E-state index contributed by atoms with van der Waals surface area (Å²) in [5.74, 6) is 0. The SMILES string of the molecule is COC[C@H]1OCC(O)[C@H]1OP(=O)(O)OC. The Balaban J connectivity index is 2.60. The molecule has 1 rings (SSSR count). The molecule has 1 fully saturated rings. The Labute approximate surface area is 87.5 Å². The van der Waals surface area contributed by atoms with E-state index in [1.807, 2.05) is 0 Å². The number of hydrogen-bond donors (Lipinski definition) is 2. The number of aliphatic hydroxyl groups excluding tert-OH is 1. The molecule has 7 nitrogen and oxygen atoms in total. The van der Waals surface area contributed by atoms with Crippen molar-refractivity contribution in [3.63, 3.8) is 0 Å². The molecule has 0 aliphatic carbocycles. The van der Waals surface area contributed by atoms with Crippen LogP contribution in [0.4, 0.5) is 0 Å². The Morgan fingerprint density at radius 2 is 2.20 bits per heavy atom. The number of phosphoric acid groups is 1. The lowest BCUT2D eigenvalue weighted by atomic mass is 10.2. The first-order chi connectivity index (χ1) is 7.00. The number of phosphoric ester groups is 1. The van der Waals surface area contributed by atoms with Crippen molar-refractivity contribution in [3.8, 4) is 0 Å². The highest BCUT2D eigenvalue weighted by Crippen LogP contribution is 2.45. The van der Waals surface area contributed by atoms with Crippen LogP contribution in [-0.4, -0.2) is 55.7 Å². The molecule has 0 aromatic carbocycles. The minimum Gasteiger partial charge on any atom is -0.388 e. The Hall–Kier alpha value is -0.0100. The smallest absolute Gasteiger partial charge is 0.388 e. The summed E-state index contributed by atoms with van der Waals surface area (Å²) in [7, 11) is -1.61. The molecule has 2 unspecified atom stereocenters. The van der Waals surface area contributed by atoms with Crippen LogP contribution in [-0.2, 0) is 23.1 Å². The maximum absolute atomic E-state index is 11.1. The fourth-order valence-corrected chi connectivity index (χ4v) is 1.97. The number of rotatable bonds is 5. The van der Waals surface area contributed by atoms with E-state index >= 15 is 0 Å². The Morgan fingerprint density at radius 1 is 1.53 bits per heavy atom. The molecule has 1 heterocycles. The van der Waals surface area contributed by atoms with Crippen LogP contribution >= 0.6 is 7.82 Å². The van der Waals surface area contributed by atoms with Crippen LogP contribution in [0.25, 0.3) is 0 Å². The minimum absolute atomic E-state index is 0.0441. The zero-order chi connectivity index (χ0) is 11.5. The number of hydrogen-bond acceptors (Lipinski definition) is 6. The summed E-state index contributed by atoms with van der Waals surface area (Å²) in [5.41, 5.74) is 0. The second-order valence-electron chi connectivity index (χ2n) is 3.12. The molecule has 8 heteroatoms. The van der Waals surface area contributed by atoms with E-state index in [0.717, 1.165) is 7.11 Å². The van der Waals surface area contributed by atoms with E-state index in [4.69, 9.17) is 18.9 Å². The van der Waals surface area contributed by atoms with Crippen molar-refractivity contribution >= 4 is 7.82 Å². The fourth-order valence-electron chi connectivity index (χ4n) is 1.30. The molecule has 4 atom stereocenters. The van der Waals surface area contributed by atoms with Gasteiger partial charge in [-0.05, 0) is 0 Å². The van der Waals surface area contributed by atoms with Gasteiger partial charge < -0.3 is 19.5 Å². The molecular weight excluding hydrogens is 227 g/mol. The molecule has 1 aliphatic heterocycles. The summed E-state index contributed by atoms with van der Waals surface area (Å²) in [6, 6.07) is 0. The molecule has 1 aliphatic rings. The van der Waals surface area contributed by atoms with Gasteiger partial charge in [-0.1, -0.05) is 0 Å². The van der Waals surface area contributed by atoms with Gasteiger partial charge in [0.05, 0.1) is 13.2 Å². The van der Waals surface area contributed by atoms with E-state index in [1.165, 1.54) is 7.11 Å². The second kappa shape index (κ2) is 5.36. The molecule has 0 radical (unpaired) electrons. The standard InChI is InChI=1S/C7H15O7P/c1-11-4-6-7(5(8)3-13-6)14-15(9,10)12-2/h5-8H,3-4H2,1-2H3,(H,9,10)/t5?,6-,7-/m1/s1. The summed E-state index contributed by atoms with van der Waals surface area (Å²) in [5, 5.41) is 9.45. The van der Waals surface area contributed by atoms with Crippen molar-refractivity contribution in [3.05, 3.63) is 0 Å². The molecule has 0 aromatic heterocycles. The first-order valence-corrected chi connectivity index (χ1v) is 5.85. The van der Waals surface area contributed by atoms with Gasteiger partial charge in [-0.25, -0.2) is 4.57 Å². The summed E-state index contributed by atoms with van der Waals surface area (Å²) >= 11 is 0. The lowest BCUT2D eigenvalue weighted by Crippen LogP contribution is -2.35. The van der Waals surface area contributed by atoms with Gasteiger partial charge in [0.15, 0.2) is 0 Å². The molecule has 2 N–H and O–H groups in total. The van der Waals surface area contributed by atoms with Crippen molar-refractivity contribution in [2.45, 2.75) is 18.3 Å². The number of aliphatic hydroxyl groups is 1. The van der Waals surface area contributed by atoms with Gasteiger partial charge >= 0.3 is 7.82 Å². The molecular formula is C7H15O7P. The summed E-state index contributed by atoms with van der Waals surface area (Å²) in [6.07, 6.45) is -2.44. The first-order valence-electron chi connectivity index (χ1n) is 4.35. The topological polar surface area (TPSA) is 94.5 Å². The van der Waals surface area contributed by atoms with E-state index in [9.17, 15) is 9.67 Å². The van der Waals surface area contributed by atoms with Crippen molar-refractivity contribution in [2.24, 2.45) is 0 Å². The Morgan fingerprint density at radius 3 is 2.73 bits per heavy atom. The molecule has 0 bridgehead atoms. The van der Waals surface area contributed by atoms with Gasteiger partial charge in [0.2, 0.25) is 0 Å².